The third-order valence-electron chi connectivity index (χ3n) is 4.44. The van der Waals surface area contributed by atoms with E-state index in [1.165, 1.54) is 0 Å². The van der Waals surface area contributed by atoms with Crippen LogP contribution in [0.25, 0.3) is 0 Å². The summed E-state index contributed by atoms with van der Waals surface area (Å²) in [6.45, 7) is 1.72. The summed E-state index contributed by atoms with van der Waals surface area (Å²) in [5, 5.41) is 0. The Labute approximate surface area is 119 Å². The van der Waals surface area contributed by atoms with Crippen molar-refractivity contribution in [2.45, 2.75) is 32.1 Å². The molecular formula is C16H21NO3. The van der Waals surface area contributed by atoms with Crippen molar-refractivity contribution in [3.63, 3.8) is 0 Å². The molecule has 1 heterocycles. The van der Waals surface area contributed by atoms with Crippen molar-refractivity contribution >= 4 is 5.78 Å². The minimum atomic E-state index is -0.361. The molecule has 0 atom stereocenters. The maximum atomic E-state index is 12.8. The van der Waals surface area contributed by atoms with E-state index in [4.69, 9.17) is 15.2 Å². The molecule has 1 aromatic rings. The van der Waals surface area contributed by atoms with Crippen molar-refractivity contribution in [1.82, 2.24) is 0 Å². The van der Waals surface area contributed by atoms with Gasteiger partial charge in [0.05, 0.1) is 13.2 Å². The number of rotatable bonds is 3. The third kappa shape index (κ3) is 2.29. The maximum absolute atomic E-state index is 12.8. The molecule has 2 aliphatic rings. The van der Waals surface area contributed by atoms with Gasteiger partial charge in [-0.15, -0.1) is 0 Å². The Morgan fingerprint density at radius 1 is 1.10 bits per heavy atom. The smallest absolute Gasteiger partial charge is 0.170 e. The zero-order valence-corrected chi connectivity index (χ0v) is 11.7. The second-order valence-electron chi connectivity index (χ2n) is 5.73. The van der Waals surface area contributed by atoms with Crippen LogP contribution in [0.2, 0.25) is 0 Å². The van der Waals surface area contributed by atoms with Gasteiger partial charge in [0.15, 0.2) is 17.3 Å². The van der Waals surface area contributed by atoms with Crippen molar-refractivity contribution in [2.75, 3.05) is 19.8 Å². The van der Waals surface area contributed by atoms with Gasteiger partial charge in [-0.3, -0.25) is 4.79 Å². The number of fused-ring (bicyclic) bond motifs is 1. The zero-order valence-electron chi connectivity index (χ0n) is 11.7. The Kier molecular flexibility index (Phi) is 3.66. The van der Waals surface area contributed by atoms with Crippen molar-refractivity contribution in [2.24, 2.45) is 11.1 Å². The average Bonchev–Trinajstić information content (AvgIpc) is 2.85. The van der Waals surface area contributed by atoms with Crippen LogP contribution in [0, 0.1) is 5.41 Å². The van der Waals surface area contributed by atoms with E-state index >= 15 is 0 Å². The fraction of sp³-hybridized carbons (Fsp3) is 0.562. The number of benzene rings is 1. The number of hydrogen-bond donors (Lipinski definition) is 1. The molecule has 4 nitrogen and oxygen atoms in total. The highest BCUT2D eigenvalue weighted by Crippen LogP contribution is 2.41. The number of carbonyl (C=O) groups excluding carboxylic acids is 1. The van der Waals surface area contributed by atoms with Gasteiger partial charge in [-0.2, -0.15) is 0 Å². The van der Waals surface area contributed by atoms with Gasteiger partial charge < -0.3 is 15.2 Å². The molecule has 1 aliphatic heterocycles. The predicted molar refractivity (Wildman–Crippen MR) is 76.3 cm³/mol. The van der Waals surface area contributed by atoms with Crippen molar-refractivity contribution < 1.29 is 14.3 Å². The lowest BCUT2D eigenvalue weighted by Gasteiger charge is -2.25. The first-order valence-corrected chi connectivity index (χ1v) is 7.40. The van der Waals surface area contributed by atoms with Crippen LogP contribution in [0.15, 0.2) is 18.2 Å². The monoisotopic (exact) mass is 275 g/mol. The van der Waals surface area contributed by atoms with Gasteiger partial charge in [-0.25, -0.2) is 0 Å². The summed E-state index contributed by atoms with van der Waals surface area (Å²) in [6, 6.07) is 5.50. The normalized spacial score (nSPS) is 20.4. The molecule has 3 rings (SSSR count). The van der Waals surface area contributed by atoms with Crippen LogP contribution in [0.5, 0.6) is 11.5 Å². The van der Waals surface area contributed by atoms with Crippen LogP contribution in [-0.2, 0) is 0 Å². The van der Waals surface area contributed by atoms with E-state index in [0.29, 0.717) is 31.1 Å². The Balaban J connectivity index is 1.90. The van der Waals surface area contributed by atoms with E-state index in [2.05, 4.69) is 0 Å². The molecule has 108 valence electrons. The minimum absolute atomic E-state index is 0.160. The standard InChI is InChI=1S/C16H21NO3/c17-11-16(6-1-2-7-16)15(18)12-4-5-13-14(10-12)20-9-3-8-19-13/h4-5,10H,1-3,6-9,11,17H2. The van der Waals surface area contributed by atoms with E-state index < -0.39 is 0 Å². The van der Waals surface area contributed by atoms with Crippen LogP contribution < -0.4 is 15.2 Å². The summed E-state index contributed by atoms with van der Waals surface area (Å²) >= 11 is 0. The largest absolute Gasteiger partial charge is 0.490 e. The molecule has 1 fully saturated rings. The predicted octanol–water partition coefficient (Wildman–Crippen LogP) is 2.55. The molecule has 1 aliphatic carbocycles. The first-order chi connectivity index (χ1) is 9.75. The van der Waals surface area contributed by atoms with E-state index in [1.54, 1.807) is 0 Å². The first kappa shape index (κ1) is 13.4. The molecule has 1 aromatic carbocycles. The maximum Gasteiger partial charge on any atom is 0.170 e. The Morgan fingerprint density at radius 3 is 2.50 bits per heavy atom. The van der Waals surface area contributed by atoms with Gasteiger partial charge >= 0.3 is 0 Å². The first-order valence-electron chi connectivity index (χ1n) is 7.40. The second kappa shape index (κ2) is 5.44. The summed E-state index contributed by atoms with van der Waals surface area (Å²) in [5.74, 6) is 1.57. The number of nitrogens with two attached hydrogens (primary N) is 1. The third-order valence-corrected chi connectivity index (χ3v) is 4.44. The van der Waals surface area contributed by atoms with Crippen molar-refractivity contribution in [1.29, 1.82) is 0 Å². The highest BCUT2D eigenvalue weighted by Gasteiger charge is 2.40. The Morgan fingerprint density at radius 2 is 1.80 bits per heavy atom. The Bertz CT molecular complexity index is 506. The molecule has 0 bridgehead atoms. The van der Waals surface area contributed by atoms with Gasteiger partial charge in [0.1, 0.15) is 0 Å². The SMILES string of the molecule is NCC1(C(=O)c2ccc3c(c2)OCCCO3)CCCC1. The molecule has 20 heavy (non-hydrogen) atoms. The zero-order chi connectivity index (χ0) is 14.0. The van der Waals surface area contributed by atoms with E-state index in [9.17, 15) is 4.79 Å². The van der Waals surface area contributed by atoms with Crippen LogP contribution in [0.4, 0.5) is 0 Å². The van der Waals surface area contributed by atoms with Gasteiger partial charge in [0.2, 0.25) is 0 Å². The van der Waals surface area contributed by atoms with Crippen LogP contribution >= 0.6 is 0 Å². The summed E-state index contributed by atoms with van der Waals surface area (Å²) in [4.78, 5) is 12.8. The van der Waals surface area contributed by atoms with Gasteiger partial charge in [-0.05, 0) is 31.0 Å². The number of ether oxygens (including phenoxy) is 2. The molecule has 4 heteroatoms. The minimum Gasteiger partial charge on any atom is -0.490 e. The summed E-state index contributed by atoms with van der Waals surface area (Å²) in [7, 11) is 0. The molecule has 0 radical (unpaired) electrons. The number of Topliss-reactive ketones (excluding diaryl/α,β-unsaturated/α-hetero) is 1. The van der Waals surface area contributed by atoms with Crippen molar-refractivity contribution in [3.05, 3.63) is 23.8 Å². The number of ketones is 1. The molecule has 2 N–H and O–H groups in total. The van der Waals surface area contributed by atoms with Crippen LogP contribution in [-0.4, -0.2) is 25.5 Å². The van der Waals surface area contributed by atoms with Gasteiger partial charge in [-0.1, -0.05) is 12.8 Å². The highest BCUT2D eigenvalue weighted by molar-refractivity contribution is 6.01. The lowest BCUT2D eigenvalue weighted by atomic mass is 9.79. The fourth-order valence-corrected chi connectivity index (χ4v) is 3.19. The van der Waals surface area contributed by atoms with E-state index in [-0.39, 0.29) is 11.2 Å². The van der Waals surface area contributed by atoms with Gasteiger partial charge in [0, 0.05) is 23.9 Å². The summed E-state index contributed by atoms with van der Waals surface area (Å²) < 4.78 is 11.3. The molecule has 0 saturated heterocycles. The van der Waals surface area contributed by atoms with E-state index in [1.807, 2.05) is 18.2 Å². The van der Waals surface area contributed by atoms with Crippen molar-refractivity contribution in [3.8, 4) is 11.5 Å². The molecular weight excluding hydrogens is 254 g/mol. The molecule has 0 amide bonds. The fourth-order valence-electron chi connectivity index (χ4n) is 3.19. The lowest BCUT2D eigenvalue weighted by molar-refractivity contribution is 0.0809. The molecule has 1 saturated carbocycles. The number of carbonyl (C=O) groups is 1. The number of hydrogen-bond acceptors (Lipinski definition) is 4. The van der Waals surface area contributed by atoms with Gasteiger partial charge in [0.25, 0.3) is 0 Å². The summed E-state index contributed by atoms with van der Waals surface area (Å²) in [6.07, 6.45) is 4.85. The van der Waals surface area contributed by atoms with Crippen LogP contribution in [0.1, 0.15) is 42.5 Å². The van der Waals surface area contributed by atoms with E-state index in [0.717, 1.165) is 37.9 Å². The molecule has 0 aromatic heterocycles. The molecule has 0 spiro atoms. The topological polar surface area (TPSA) is 61.6 Å². The quantitative estimate of drug-likeness (QED) is 0.861. The molecule has 0 unspecified atom stereocenters. The Hall–Kier alpha value is -1.55. The second-order valence-corrected chi connectivity index (χ2v) is 5.73. The van der Waals surface area contributed by atoms with Crippen LogP contribution in [0.3, 0.4) is 0 Å². The summed E-state index contributed by atoms with van der Waals surface area (Å²) in [5.41, 5.74) is 6.23. The average molecular weight is 275 g/mol. The highest BCUT2D eigenvalue weighted by atomic mass is 16.5. The lowest BCUT2D eigenvalue weighted by Crippen LogP contribution is -2.36.